The van der Waals surface area contributed by atoms with Crippen molar-refractivity contribution in [1.82, 2.24) is 19.7 Å². The van der Waals surface area contributed by atoms with Crippen molar-refractivity contribution >= 4 is 17.7 Å². The molecule has 0 spiro atoms. The van der Waals surface area contributed by atoms with Crippen LogP contribution in [0.25, 0.3) is 11.6 Å². The van der Waals surface area contributed by atoms with Crippen LogP contribution in [0, 0.1) is 0 Å². The molecule has 6 nitrogen and oxygen atoms in total. The van der Waals surface area contributed by atoms with Gasteiger partial charge in [0.25, 0.3) is 0 Å². The van der Waals surface area contributed by atoms with E-state index in [1.54, 1.807) is 6.26 Å². The molecule has 4 rings (SSSR count). The number of amides is 1. The van der Waals surface area contributed by atoms with Crippen LogP contribution in [0.4, 0.5) is 0 Å². The van der Waals surface area contributed by atoms with Crippen molar-refractivity contribution in [3.05, 3.63) is 54.3 Å². The molecule has 3 aromatic rings. The molecule has 0 unspecified atom stereocenters. The summed E-state index contributed by atoms with van der Waals surface area (Å²) in [7, 11) is 0. The van der Waals surface area contributed by atoms with Crippen LogP contribution in [0.2, 0.25) is 0 Å². The van der Waals surface area contributed by atoms with E-state index < -0.39 is 0 Å². The summed E-state index contributed by atoms with van der Waals surface area (Å²) in [6, 6.07) is 14.5. The van der Waals surface area contributed by atoms with Crippen LogP contribution in [-0.2, 0) is 11.3 Å². The van der Waals surface area contributed by atoms with E-state index >= 15 is 0 Å². The van der Waals surface area contributed by atoms with E-state index in [1.165, 1.54) is 24.6 Å². The fourth-order valence-corrected chi connectivity index (χ4v) is 5.00. The van der Waals surface area contributed by atoms with Crippen molar-refractivity contribution in [1.29, 1.82) is 0 Å². The minimum Gasteiger partial charge on any atom is -0.461 e. The summed E-state index contributed by atoms with van der Waals surface area (Å²) in [5.74, 6) is 1.89. The number of nitrogens with zero attached hydrogens (tertiary/aromatic N) is 4. The van der Waals surface area contributed by atoms with Crippen molar-refractivity contribution in [2.24, 2.45) is 0 Å². The zero-order valence-electron chi connectivity index (χ0n) is 17.5. The maximum Gasteiger partial charge on any atom is 0.233 e. The second-order valence-electron chi connectivity index (χ2n) is 7.98. The maximum atomic E-state index is 13.1. The Labute approximate surface area is 181 Å². The summed E-state index contributed by atoms with van der Waals surface area (Å²) in [6.07, 6.45) is 6.29. The normalized spacial score (nSPS) is 14.5. The Morgan fingerprint density at radius 1 is 1.17 bits per heavy atom. The van der Waals surface area contributed by atoms with Crippen LogP contribution >= 0.6 is 11.8 Å². The van der Waals surface area contributed by atoms with Crippen LogP contribution in [0.1, 0.15) is 45.1 Å². The van der Waals surface area contributed by atoms with E-state index in [0.717, 1.165) is 23.6 Å². The van der Waals surface area contributed by atoms with E-state index in [4.69, 9.17) is 4.42 Å². The first-order valence-electron chi connectivity index (χ1n) is 10.6. The van der Waals surface area contributed by atoms with Gasteiger partial charge in [0.15, 0.2) is 10.9 Å². The summed E-state index contributed by atoms with van der Waals surface area (Å²) in [6.45, 7) is 4.83. The number of carbonyl (C=O) groups excluding carboxylic acids is 1. The van der Waals surface area contributed by atoms with Crippen LogP contribution in [0.15, 0.2) is 58.3 Å². The number of carbonyl (C=O) groups is 1. The molecule has 1 aliphatic rings. The van der Waals surface area contributed by atoms with Gasteiger partial charge in [-0.3, -0.25) is 9.36 Å². The monoisotopic (exact) mass is 424 g/mol. The van der Waals surface area contributed by atoms with E-state index in [-0.39, 0.29) is 11.9 Å². The van der Waals surface area contributed by atoms with Gasteiger partial charge < -0.3 is 9.32 Å². The second kappa shape index (κ2) is 9.51. The van der Waals surface area contributed by atoms with Crippen molar-refractivity contribution in [3.8, 4) is 11.6 Å². The van der Waals surface area contributed by atoms with Gasteiger partial charge in [0.1, 0.15) is 0 Å². The molecule has 1 amide bonds. The molecule has 1 aromatic carbocycles. The van der Waals surface area contributed by atoms with E-state index in [2.05, 4.69) is 41.1 Å². The van der Waals surface area contributed by atoms with E-state index in [1.807, 2.05) is 34.9 Å². The summed E-state index contributed by atoms with van der Waals surface area (Å²) in [5.41, 5.74) is 1.15. The Balaban J connectivity index is 1.54. The molecule has 1 saturated carbocycles. The third-order valence-electron chi connectivity index (χ3n) is 5.53. The third kappa shape index (κ3) is 4.61. The number of aromatic nitrogens is 3. The van der Waals surface area contributed by atoms with Crippen molar-refractivity contribution < 1.29 is 9.21 Å². The molecule has 1 fully saturated rings. The Bertz CT molecular complexity index is 947. The molecule has 0 saturated heterocycles. The summed E-state index contributed by atoms with van der Waals surface area (Å²) in [5, 5.41) is 9.48. The van der Waals surface area contributed by atoms with Gasteiger partial charge >= 0.3 is 0 Å². The number of thioether (sulfide) groups is 1. The lowest BCUT2D eigenvalue weighted by molar-refractivity contribution is -0.132. The lowest BCUT2D eigenvalue weighted by atomic mass is 10.1. The van der Waals surface area contributed by atoms with Crippen LogP contribution in [0.3, 0.4) is 0 Å². The minimum absolute atomic E-state index is 0.177. The van der Waals surface area contributed by atoms with Gasteiger partial charge in [-0.2, -0.15) is 0 Å². The predicted octanol–water partition coefficient (Wildman–Crippen LogP) is 4.86. The first-order chi connectivity index (χ1) is 14.6. The SMILES string of the molecule is CC(C)N(C(=O)CSc1nnc(-c2ccco2)n1Cc1ccccc1)C1CCCC1. The van der Waals surface area contributed by atoms with Crippen LogP contribution < -0.4 is 0 Å². The Morgan fingerprint density at radius 2 is 1.93 bits per heavy atom. The highest BCUT2D eigenvalue weighted by Crippen LogP contribution is 2.28. The van der Waals surface area contributed by atoms with Crippen LogP contribution in [0.5, 0.6) is 0 Å². The van der Waals surface area contributed by atoms with Crippen molar-refractivity contribution in [3.63, 3.8) is 0 Å². The van der Waals surface area contributed by atoms with E-state index in [0.29, 0.717) is 29.9 Å². The van der Waals surface area contributed by atoms with Gasteiger partial charge in [0, 0.05) is 12.1 Å². The molecular weight excluding hydrogens is 396 g/mol. The summed E-state index contributed by atoms with van der Waals surface area (Å²) < 4.78 is 7.60. The Kier molecular flexibility index (Phi) is 6.57. The Morgan fingerprint density at radius 3 is 2.60 bits per heavy atom. The molecule has 2 heterocycles. The molecule has 0 aliphatic heterocycles. The molecule has 0 bridgehead atoms. The lowest BCUT2D eigenvalue weighted by Crippen LogP contribution is -2.44. The van der Waals surface area contributed by atoms with Gasteiger partial charge in [-0.1, -0.05) is 54.9 Å². The zero-order chi connectivity index (χ0) is 20.9. The largest absolute Gasteiger partial charge is 0.461 e. The van der Waals surface area contributed by atoms with Crippen molar-refractivity contribution in [2.45, 2.75) is 63.3 Å². The maximum absolute atomic E-state index is 13.1. The summed E-state index contributed by atoms with van der Waals surface area (Å²) >= 11 is 1.45. The predicted molar refractivity (Wildman–Crippen MR) is 118 cm³/mol. The first-order valence-corrected chi connectivity index (χ1v) is 11.6. The average molecular weight is 425 g/mol. The third-order valence-corrected chi connectivity index (χ3v) is 6.48. The quantitative estimate of drug-likeness (QED) is 0.483. The first kappa shape index (κ1) is 20.7. The highest BCUT2D eigenvalue weighted by atomic mass is 32.2. The topological polar surface area (TPSA) is 64.2 Å². The van der Waals surface area contributed by atoms with E-state index in [9.17, 15) is 4.79 Å². The van der Waals surface area contributed by atoms with Gasteiger partial charge in [-0.15, -0.1) is 10.2 Å². The molecule has 7 heteroatoms. The number of hydrogen-bond donors (Lipinski definition) is 0. The molecule has 0 N–H and O–H groups in total. The minimum atomic E-state index is 0.177. The standard InChI is InChI=1S/C23H28N4O2S/c1-17(2)27(19-11-6-7-12-19)21(28)16-30-23-25-24-22(20-13-8-14-29-20)26(23)15-18-9-4-3-5-10-18/h3-5,8-10,13-14,17,19H,6-7,11-12,15-16H2,1-2H3. The smallest absolute Gasteiger partial charge is 0.233 e. The zero-order valence-corrected chi connectivity index (χ0v) is 18.3. The number of hydrogen-bond acceptors (Lipinski definition) is 5. The second-order valence-corrected chi connectivity index (χ2v) is 8.92. The molecule has 1 aliphatic carbocycles. The van der Waals surface area contributed by atoms with Gasteiger partial charge in [-0.05, 0) is 44.4 Å². The highest BCUT2D eigenvalue weighted by molar-refractivity contribution is 7.99. The molecule has 30 heavy (non-hydrogen) atoms. The molecule has 0 radical (unpaired) electrons. The lowest BCUT2D eigenvalue weighted by Gasteiger charge is -2.32. The molecular formula is C23H28N4O2S. The molecule has 2 aromatic heterocycles. The Hall–Kier alpha value is -2.54. The van der Waals surface area contributed by atoms with Crippen LogP contribution in [-0.4, -0.2) is 43.4 Å². The highest BCUT2D eigenvalue weighted by Gasteiger charge is 2.29. The number of furan rings is 1. The van der Waals surface area contributed by atoms with Gasteiger partial charge in [-0.25, -0.2) is 0 Å². The van der Waals surface area contributed by atoms with Gasteiger partial charge in [0.2, 0.25) is 11.7 Å². The fourth-order valence-electron chi connectivity index (χ4n) is 4.19. The summed E-state index contributed by atoms with van der Waals surface area (Å²) in [4.78, 5) is 15.2. The molecule has 158 valence electrons. The van der Waals surface area contributed by atoms with Crippen molar-refractivity contribution in [2.75, 3.05) is 5.75 Å². The number of benzene rings is 1. The number of rotatable bonds is 8. The van der Waals surface area contributed by atoms with Gasteiger partial charge in [0.05, 0.1) is 18.6 Å². The molecule has 0 atom stereocenters. The average Bonchev–Trinajstić information content (AvgIpc) is 3.50. The fraction of sp³-hybridized carbons (Fsp3) is 0.435.